The number of aromatic amines is 1. The van der Waals surface area contributed by atoms with Gasteiger partial charge in [-0.1, -0.05) is 93.9 Å². The van der Waals surface area contributed by atoms with Gasteiger partial charge >= 0.3 is 0 Å². The monoisotopic (exact) mass is 782 g/mol. The van der Waals surface area contributed by atoms with E-state index in [0.29, 0.717) is 12.2 Å². The van der Waals surface area contributed by atoms with E-state index in [1.165, 1.54) is 11.8 Å². The third kappa shape index (κ3) is 10.8. The number of para-hydroxylation sites is 1. The Hall–Kier alpha value is -4.11. The van der Waals surface area contributed by atoms with E-state index in [4.69, 9.17) is 0 Å². The molecule has 1 aromatic carbocycles. The molecule has 0 spiro atoms. The summed E-state index contributed by atoms with van der Waals surface area (Å²) in [5.41, 5.74) is 1.65. The molecule has 3 heterocycles. The Bertz CT molecular complexity index is 1690. The second kappa shape index (κ2) is 19.2. The van der Waals surface area contributed by atoms with Crippen LogP contribution in [-0.2, 0) is 35.2 Å². The molecule has 8 N–H and O–H groups in total. The van der Waals surface area contributed by atoms with E-state index in [1.807, 2.05) is 79.7 Å². The first-order chi connectivity index (χ1) is 25.9. The number of H-pyrrole nitrogens is 1. The van der Waals surface area contributed by atoms with E-state index in [9.17, 15) is 28.8 Å². The first kappa shape index (κ1) is 43.6. The number of fused-ring (bicyclic) bond motifs is 3. The van der Waals surface area contributed by atoms with Crippen LogP contribution in [0.3, 0.4) is 0 Å². The van der Waals surface area contributed by atoms with E-state index in [0.717, 1.165) is 16.5 Å². The van der Waals surface area contributed by atoms with Crippen molar-refractivity contribution >= 4 is 58.1 Å². The summed E-state index contributed by atoms with van der Waals surface area (Å²) in [6.45, 7) is 18.6. The number of hydrogen-bond acceptors (Lipinski definition) is 8. The largest absolute Gasteiger partial charge is 0.361 e. The summed E-state index contributed by atoms with van der Waals surface area (Å²) in [6, 6.07) is 1.50. The maximum atomic E-state index is 14.3. The molecule has 55 heavy (non-hydrogen) atoms. The molecule has 2 saturated heterocycles. The summed E-state index contributed by atoms with van der Waals surface area (Å²) < 4.78 is 0. The highest BCUT2D eigenvalue weighted by Gasteiger charge is 2.41. The lowest BCUT2D eigenvalue weighted by Gasteiger charge is -2.33. The van der Waals surface area contributed by atoms with Gasteiger partial charge in [0.15, 0.2) is 0 Å². The molecule has 1 unspecified atom stereocenters. The quantitative estimate of drug-likeness (QED) is 0.199. The van der Waals surface area contributed by atoms with Crippen LogP contribution in [0.2, 0.25) is 0 Å². The summed E-state index contributed by atoms with van der Waals surface area (Å²) in [6.07, 6.45) is 2.42. The Morgan fingerprint density at radius 1 is 0.618 bits per heavy atom. The molecule has 2 bridgehead atoms. The minimum absolute atomic E-state index is 0.0330. The SMILES string of the molecule is CC[C@@H](C)[C@H]1NC(=O)[C@H](Cc2c[nH]c3ccccc23)NC(=O)[C@@H](C(C)C)NC(=O)[C@@H]2CSC(N2)[C@H](C(C)C)NC(=O)[C@@H](C(C)C)NC(=O)[C@H](C(C)C)NC1=O. The van der Waals surface area contributed by atoms with Crippen LogP contribution in [0.5, 0.6) is 0 Å². The maximum Gasteiger partial charge on any atom is 0.243 e. The molecule has 1 aromatic heterocycles. The summed E-state index contributed by atoms with van der Waals surface area (Å²) in [5, 5.41) is 21.6. The van der Waals surface area contributed by atoms with Gasteiger partial charge < -0.3 is 36.9 Å². The predicted molar refractivity (Wildman–Crippen MR) is 216 cm³/mol. The van der Waals surface area contributed by atoms with E-state index in [1.54, 1.807) is 20.0 Å². The van der Waals surface area contributed by atoms with Gasteiger partial charge in [0.2, 0.25) is 35.4 Å². The zero-order chi connectivity index (χ0) is 40.7. The molecule has 304 valence electrons. The van der Waals surface area contributed by atoms with E-state index in [-0.39, 0.29) is 53.2 Å². The lowest BCUT2D eigenvalue weighted by atomic mass is 9.95. The minimum atomic E-state index is -1.12. The molecule has 0 saturated carbocycles. The Morgan fingerprint density at radius 3 is 1.69 bits per heavy atom. The van der Waals surface area contributed by atoms with E-state index < -0.39 is 65.9 Å². The van der Waals surface area contributed by atoms with Gasteiger partial charge in [0.25, 0.3) is 0 Å². The van der Waals surface area contributed by atoms with Crippen molar-refractivity contribution in [2.75, 3.05) is 5.75 Å². The van der Waals surface area contributed by atoms with Crippen LogP contribution in [0, 0.1) is 29.6 Å². The molecule has 14 nitrogen and oxygen atoms in total. The highest BCUT2D eigenvalue weighted by atomic mass is 32.2. The lowest BCUT2D eigenvalue weighted by Crippen LogP contribution is -2.62. The Labute approximate surface area is 329 Å². The molecular formula is C40H62N8O6S. The average Bonchev–Trinajstić information content (AvgIpc) is 3.79. The molecular weight excluding hydrogens is 721 g/mol. The van der Waals surface area contributed by atoms with Crippen molar-refractivity contribution in [3.05, 3.63) is 36.0 Å². The second-order valence-corrected chi connectivity index (χ2v) is 17.6. The van der Waals surface area contributed by atoms with Crippen molar-refractivity contribution in [1.29, 1.82) is 0 Å². The minimum Gasteiger partial charge on any atom is -0.361 e. The fourth-order valence-corrected chi connectivity index (χ4v) is 8.49. The number of carbonyl (C=O) groups is 6. The summed E-state index contributed by atoms with van der Waals surface area (Å²) >= 11 is 1.50. The number of hydrogen-bond donors (Lipinski definition) is 8. The van der Waals surface area contributed by atoms with Crippen molar-refractivity contribution in [2.45, 2.75) is 130 Å². The molecule has 2 aliphatic heterocycles. The number of carbonyl (C=O) groups excluding carboxylic acids is 6. The van der Waals surface area contributed by atoms with Gasteiger partial charge in [0.1, 0.15) is 30.2 Å². The molecule has 6 amide bonds. The van der Waals surface area contributed by atoms with Gasteiger partial charge in [-0.2, -0.15) is 0 Å². The van der Waals surface area contributed by atoms with Gasteiger partial charge in [0.05, 0.1) is 17.5 Å². The molecule has 2 aromatic rings. The topological polar surface area (TPSA) is 202 Å². The summed E-state index contributed by atoms with van der Waals surface area (Å²) in [4.78, 5) is 87.3. The third-order valence-electron chi connectivity index (χ3n) is 10.7. The standard InChI is InChI=1S/C40H62N8O6S/c1-11-23(10)33-39(54)46-30(20(4)5)37(52)45-31(21(6)7)38(53)47-32(22(8)9)40-43-28(18-55-40)35(50)44-29(19(2)3)36(51)42-27(34(49)48-33)16-24-17-41-26-15-13-12-14-25(24)26/h12-15,17,19-23,27-33,40-41,43H,11,16,18H2,1-10H3,(H,42,51)(H,44,50)(H,45,52)(H,46,54)(H,47,53)(H,48,49)/t23-,27+,28+,29-,30+,31-,32+,33-,40?/m1/s1. The number of rotatable bonds is 8. The Kier molecular flexibility index (Phi) is 15.2. The smallest absolute Gasteiger partial charge is 0.243 e. The molecule has 15 heteroatoms. The van der Waals surface area contributed by atoms with E-state index in [2.05, 4.69) is 42.2 Å². The fraction of sp³-hybridized carbons (Fsp3) is 0.650. The van der Waals surface area contributed by atoms with Gasteiger partial charge in [-0.25, -0.2) is 0 Å². The van der Waals surface area contributed by atoms with E-state index >= 15 is 0 Å². The predicted octanol–water partition coefficient (Wildman–Crippen LogP) is 2.33. The normalized spacial score (nSPS) is 28.7. The van der Waals surface area contributed by atoms with Crippen molar-refractivity contribution in [3.63, 3.8) is 0 Å². The van der Waals surface area contributed by atoms with Gasteiger partial charge in [-0.05, 0) is 41.2 Å². The van der Waals surface area contributed by atoms with Crippen molar-refractivity contribution < 1.29 is 28.8 Å². The summed E-state index contributed by atoms with van der Waals surface area (Å²) in [5.74, 6) is -3.91. The van der Waals surface area contributed by atoms with Gasteiger partial charge in [0, 0.05) is 29.3 Å². The van der Waals surface area contributed by atoms with Crippen LogP contribution in [-0.4, -0.2) is 93.8 Å². The number of aromatic nitrogens is 1. The first-order valence-corrected chi connectivity index (χ1v) is 20.7. The molecule has 2 fully saturated rings. The Morgan fingerprint density at radius 2 is 1.13 bits per heavy atom. The molecule has 2 aliphatic rings. The van der Waals surface area contributed by atoms with Crippen LogP contribution in [0.15, 0.2) is 30.5 Å². The zero-order valence-electron chi connectivity index (χ0n) is 33.9. The third-order valence-corrected chi connectivity index (χ3v) is 12.1. The number of thioether (sulfide) groups is 1. The molecule has 9 atom stereocenters. The molecule has 0 aliphatic carbocycles. The van der Waals surface area contributed by atoms with Crippen molar-refractivity contribution in [1.82, 2.24) is 42.2 Å². The van der Waals surface area contributed by atoms with Crippen LogP contribution < -0.4 is 37.2 Å². The van der Waals surface area contributed by atoms with Crippen molar-refractivity contribution in [2.24, 2.45) is 29.6 Å². The second-order valence-electron chi connectivity index (χ2n) is 16.4. The highest BCUT2D eigenvalue weighted by molar-refractivity contribution is 8.00. The number of benzene rings is 1. The van der Waals surface area contributed by atoms with Crippen LogP contribution in [0.25, 0.3) is 10.9 Å². The fourth-order valence-electron chi connectivity index (χ4n) is 6.99. The lowest BCUT2D eigenvalue weighted by molar-refractivity contribution is -0.136. The first-order valence-electron chi connectivity index (χ1n) is 19.7. The highest BCUT2D eigenvalue weighted by Crippen LogP contribution is 2.26. The maximum absolute atomic E-state index is 14.3. The molecule has 4 rings (SSSR count). The average molecular weight is 783 g/mol. The van der Waals surface area contributed by atoms with Crippen molar-refractivity contribution in [3.8, 4) is 0 Å². The van der Waals surface area contributed by atoms with Gasteiger partial charge in [-0.15, -0.1) is 11.8 Å². The van der Waals surface area contributed by atoms with Gasteiger partial charge in [-0.3, -0.25) is 34.1 Å². The number of nitrogens with one attached hydrogen (secondary N) is 8. The van der Waals surface area contributed by atoms with Crippen LogP contribution >= 0.6 is 11.8 Å². The Balaban J connectivity index is 1.77. The number of amides is 6. The summed E-state index contributed by atoms with van der Waals surface area (Å²) in [7, 11) is 0. The zero-order valence-corrected chi connectivity index (χ0v) is 34.7. The van der Waals surface area contributed by atoms with Crippen LogP contribution in [0.1, 0.15) is 81.2 Å². The molecule has 0 radical (unpaired) electrons. The van der Waals surface area contributed by atoms with Crippen LogP contribution in [0.4, 0.5) is 0 Å².